The summed E-state index contributed by atoms with van der Waals surface area (Å²) < 4.78 is 11.5. The van der Waals surface area contributed by atoms with Crippen molar-refractivity contribution >= 4 is 11.6 Å². The van der Waals surface area contributed by atoms with Crippen LogP contribution in [0, 0.1) is 0 Å². The van der Waals surface area contributed by atoms with Crippen LogP contribution < -0.4 is 14.8 Å². The molecule has 0 spiro atoms. The van der Waals surface area contributed by atoms with Gasteiger partial charge in [0.05, 0.1) is 7.11 Å². The van der Waals surface area contributed by atoms with E-state index < -0.39 is 0 Å². The summed E-state index contributed by atoms with van der Waals surface area (Å²) in [5.41, 5.74) is 3.17. The number of rotatable bonds is 10. The second-order valence-corrected chi connectivity index (χ2v) is 8.51. The molecule has 5 nitrogen and oxygen atoms in total. The maximum atomic E-state index is 13.1. The van der Waals surface area contributed by atoms with Gasteiger partial charge in [-0.2, -0.15) is 0 Å². The van der Waals surface area contributed by atoms with Crippen LogP contribution in [0.15, 0.2) is 72.8 Å². The molecule has 0 fully saturated rings. The number of anilines is 1. The highest BCUT2D eigenvalue weighted by Crippen LogP contribution is 2.31. The maximum Gasteiger partial charge on any atom is 0.256 e. The van der Waals surface area contributed by atoms with Gasteiger partial charge in [0, 0.05) is 35.9 Å². The van der Waals surface area contributed by atoms with Crippen molar-refractivity contribution in [1.29, 1.82) is 0 Å². The first-order chi connectivity index (χ1) is 15.9. The van der Waals surface area contributed by atoms with E-state index in [1.165, 1.54) is 0 Å². The Labute approximate surface area is 197 Å². The molecule has 0 aliphatic rings. The summed E-state index contributed by atoms with van der Waals surface area (Å²) in [6.45, 7) is 10.1. The van der Waals surface area contributed by atoms with Crippen LogP contribution in [-0.2, 0) is 0 Å². The van der Waals surface area contributed by atoms with Crippen LogP contribution in [0.4, 0.5) is 5.69 Å². The van der Waals surface area contributed by atoms with E-state index in [0.29, 0.717) is 41.4 Å². The van der Waals surface area contributed by atoms with Crippen molar-refractivity contribution < 1.29 is 14.3 Å². The molecule has 0 aliphatic carbocycles. The van der Waals surface area contributed by atoms with Crippen LogP contribution in [0.1, 0.15) is 38.1 Å². The van der Waals surface area contributed by atoms with Crippen LogP contribution in [-0.4, -0.2) is 43.2 Å². The topological polar surface area (TPSA) is 50.8 Å². The fourth-order valence-corrected chi connectivity index (χ4v) is 3.99. The molecule has 1 N–H and O–H groups in total. The molecule has 3 aromatic carbocycles. The first kappa shape index (κ1) is 24.3. The second-order valence-electron chi connectivity index (χ2n) is 8.51. The van der Waals surface area contributed by atoms with Gasteiger partial charge in [0.1, 0.15) is 6.61 Å². The molecule has 0 atom stereocenters. The molecule has 0 unspecified atom stereocenters. The van der Waals surface area contributed by atoms with E-state index in [2.05, 4.69) is 37.9 Å². The van der Waals surface area contributed by atoms with Crippen LogP contribution in [0.5, 0.6) is 11.5 Å². The molecule has 0 saturated carbocycles. The third-order valence-corrected chi connectivity index (χ3v) is 5.61. The number of methoxy groups -OCH3 is 1. The lowest BCUT2D eigenvalue weighted by molar-refractivity contribution is 0.102. The van der Waals surface area contributed by atoms with E-state index in [1.54, 1.807) is 7.11 Å². The number of carbonyl (C=O) groups excluding carboxylic acids is 1. The zero-order valence-electron chi connectivity index (χ0n) is 20.2. The quantitative estimate of drug-likeness (QED) is 0.408. The van der Waals surface area contributed by atoms with Crippen molar-refractivity contribution in [3.8, 4) is 22.6 Å². The van der Waals surface area contributed by atoms with Gasteiger partial charge in [0.2, 0.25) is 0 Å². The second kappa shape index (κ2) is 11.5. The number of benzene rings is 3. The van der Waals surface area contributed by atoms with E-state index in [9.17, 15) is 4.79 Å². The number of amides is 1. The third-order valence-electron chi connectivity index (χ3n) is 5.61. The fraction of sp³-hybridized carbons (Fsp3) is 0.321. The number of nitrogens with zero attached hydrogens (tertiary/aromatic N) is 1. The minimum Gasteiger partial charge on any atom is -0.493 e. The van der Waals surface area contributed by atoms with Crippen LogP contribution >= 0.6 is 0 Å². The number of hydrogen-bond donors (Lipinski definition) is 1. The van der Waals surface area contributed by atoms with E-state index in [4.69, 9.17) is 9.47 Å². The van der Waals surface area contributed by atoms with E-state index in [1.807, 2.05) is 72.8 Å². The summed E-state index contributed by atoms with van der Waals surface area (Å²) in [6.07, 6.45) is 0. The first-order valence-electron chi connectivity index (χ1n) is 11.4. The summed E-state index contributed by atoms with van der Waals surface area (Å²) in [4.78, 5) is 15.5. The number of nitrogens with one attached hydrogen (secondary N) is 1. The summed E-state index contributed by atoms with van der Waals surface area (Å²) in [5.74, 6) is 1.08. The van der Waals surface area contributed by atoms with Crippen molar-refractivity contribution in [2.24, 2.45) is 0 Å². The first-order valence-corrected chi connectivity index (χ1v) is 11.4. The lowest BCUT2D eigenvalue weighted by Crippen LogP contribution is -2.39. The summed E-state index contributed by atoms with van der Waals surface area (Å²) in [7, 11) is 1.62. The standard InChI is InChI=1S/C28H34N2O3/c1-20(2)30(21(3)4)17-18-33-27-19-23(15-16-26(27)32-5)29-28(31)25-14-10-9-13-24(25)22-11-7-6-8-12-22/h6-16,19-21H,17-18H2,1-5H3,(H,29,31). The maximum absolute atomic E-state index is 13.1. The van der Waals surface area contributed by atoms with Gasteiger partial charge in [-0.15, -0.1) is 0 Å². The Morgan fingerprint density at radius 3 is 2.21 bits per heavy atom. The highest BCUT2D eigenvalue weighted by Gasteiger charge is 2.16. The molecule has 0 saturated heterocycles. The molecule has 5 heteroatoms. The van der Waals surface area contributed by atoms with Crippen LogP contribution in [0.3, 0.4) is 0 Å². The van der Waals surface area contributed by atoms with Crippen molar-refractivity contribution in [2.75, 3.05) is 25.6 Å². The normalized spacial score (nSPS) is 11.2. The fourth-order valence-electron chi connectivity index (χ4n) is 3.99. The van der Waals surface area contributed by atoms with Gasteiger partial charge in [-0.1, -0.05) is 48.5 Å². The molecule has 174 valence electrons. The van der Waals surface area contributed by atoms with Crippen molar-refractivity contribution in [1.82, 2.24) is 4.90 Å². The number of carbonyl (C=O) groups is 1. The molecule has 3 rings (SSSR count). The van der Waals surface area contributed by atoms with Gasteiger partial charge in [0.25, 0.3) is 5.91 Å². The molecule has 0 radical (unpaired) electrons. The minimum absolute atomic E-state index is 0.170. The highest BCUT2D eigenvalue weighted by atomic mass is 16.5. The average Bonchev–Trinajstić information content (AvgIpc) is 2.82. The van der Waals surface area contributed by atoms with Gasteiger partial charge >= 0.3 is 0 Å². The average molecular weight is 447 g/mol. The molecule has 3 aromatic rings. The molecular weight excluding hydrogens is 412 g/mol. The Hall–Kier alpha value is -3.31. The van der Waals surface area contributed by atoms with Gasteiger partial charge in [-0.05, 0) is 57.0 Å². The number of hydrogen-bond acceptors (Lipinski definition) is 4. The highest BCUT2D eigenvalue weighted by molar-refractivity contribution is 6.08. The minimum atomic E-state index is -0.170. The van der Waals surface area contributed by atoms with Gasteiger partial charge in [0.15, 0.2) is 11.5 Å². The molecule has 0 heterocycles. The van der Waals surface area contributed by atoms with Gasteiger partial charge < -0.3 is 14.8 Å². The molecular formula is C28H34N2O3. The lowest BCUT2D eigenvalue weighted by atomic mass is 9.99. The van der Waals surface area contributed by atoms with Crippen molar-refractivity contribution in [2.45, 2.75) is 39.8 Å². The predicted molar refractivity (Wildman–Crippen MR) is 135 cm³/mol. The van der Waals surface area contributed by atoms with E-state index >= 15 is 0 Å². The zero-order chi connectivity index (χ0) is 23.8. The Morgan fingerprint density at radius 1 is 0.879 bits per heavy atom. The molecule has 0 bridgehead atoms. The molecule has 33 heavy (non-hydrogen) atoms. The summed E-state index contributed by atoms with van der Waals surface area (Å²) in [5, 5.41) is 3.01. The van der Waals surface area contributed by atoms with Crippen molar-refractivity contribution in [3.63, 3.8) is 0 Å². The summed E-state index contributed by atoms with van der Waals surface area (Å²) in [6, 6.07) is 23.8. The molecule has 1 amide bonds. The number of ether oxygens (including phenoxy) is 2. The Kier molecular flexibility index (Phi) is 8.50. The largest absolute Gasteiger partial charge is 0.493 e. The third kappa shape index (κ3) is 6.36. The zero-order valence-corrected chi connectivity index (χ0v) is 20.2. The van der Waals surface area contributed by atoms with Crippen molar-refractivity contribution in [3.05, 3.63) is 78.4 Å². The SMILES string of the molecule is COc1ccc(NC(=O)c2ccccc2-c2ccccc2)cc1OCCN(C(C)C)C(C)C. The molecule has 0 aliphatic heterocycles. The van der Waals surface area contributed by atoms with E-state index in [-0.39, 0.29) is 5.91 Å². The van der Waals surface area contributed by atoms with Gasteiger partial charge in [-0.3, -0.25) is 9.69 Å². The predicted octanol–water partition coefficient (Wildman–Crippen LogP) is 6.11. The van der Waals surface area contributed by atoms with Crippen LogP contribution in [0.2, 0.25) is 0 Å². The Bertz CT molecular complexity index is 1040. The smallest absolute Gasteiger partial charge is 0.256 e. The summed E-state index contributed by atoms with van der Waals surface area (Å²) >= 11 is 0. The Morgan fingerprint density at radius 2 is 1.55 bits per heavy atom. The van der Waals surface area contributed by atoms with Gasteiger partial charge in [-0.25, -0.2) is 0 Å². The lowest BCUT2D eigenvalue weighted by Gasteiger charge is -2.30. The monoisotopic (exact) mass is 446 g/mol. The van der Waals surface area contributed by atoms with Crippen LogP contribution in [0.25, 0.3) is 11.1 Å². The van der Waals surface area contributed by atoms with E-state index in [0.717, 1.165) is 17.7 Å². The Balaban J connectivity index is 1.75. The molecule has 0 aromatic heterocycles.